The van der Waals surface area contributed by atoms with E-state index in [1.165, 1.54) is 5.56 Å². The highest BCUT2D eigenvalue weighted by Gasteiger charge is 2.26. The van der Waals surface area contributed by atoms with Crippen molar-refractivity contribution in [2.24, 2.45) is 0 Å². The number of hydrogen-bond acceptors (Lipinski definition) is 4. The van der Waals surface area contributed by atoms with Crippen LogP contribution in [0.2, 0.25) is 0 Å². The lowest BCUT2D eigenvalue weighted by Gasteiger charge is -2.12. The van der Waals surface area contributed by atoms with E-state index in [2.05, 4.69) is 41.1 Å². The van der Waals surface area contributed by atoms with Gasteiger partial charge in [-0.3, -0.25) is 4.79 Å². The van der Waals surface area contributed by atoms with Crippen LogP contribution < -0.4 is 10.6 Å². The van der Waals surface area contributed by atoms with Crippen molar-refractivity contribution < 1.29 is 4.79 Å². The second-order valence-electron chi connectivity index (χ2n) is 6.33. The SMILES string of the molecule is C[C@@H](Nc1nc(-c2ccc3c(c2)[C@@H](C)C(=O)N3)cs1)c1ccccc1. The van der Waals surface area contributed by atoms with E-state index in [0.717, 1.165) is 27.6 Å². The minimum atomic E-state index is -0.107. The number of carbonyl (C=O) groups is 1. The van der Waals surface area contributed by atoms with Crippen LogP contribution in [0, 0.1) is 0 Å². The molecule has 5 heteroatoms. The first-order valence-electron chi connectivity index (χ1n) is 8.34. The quantitative estimate of drug-likeness (QED) is 0.694. The van der Waals surface area contributed by atoms with E-state index in [9.17, 15) is 4.79 Å². The fraction of sp³-hybridized carbons (Fsp3) is 0.200. The van der Waals surface area contributed by atoms with E-state index >= 15 is 0 Å². The molecule has 0 radical (unpaired) electrons. The van der Waals surface area contributed by atoms with Gasteiger partial charge in [0.05, 0.1) is 17.7 Å². The summed E-state index contributed by atoms with van der Waals surface area (Å²) >= 11 is 1.60. The fourth-order valence-electron chi connectivity index (χ4n) is 3.06. The Morgan fingerprint density at radius 3 is 2.80 bits per heavy atom. The van der Waals surface area contributed by atoms with Crippen molar-refractivity contribution in [3.8, 4) is 11.3 Å². The van der Waals surface area contributed by atoms with E-state index in [4.69, 9.17) is 4.98 Å². The Labute approximate surface area is 150 Å². The minimum Gasteiger partial charge on any atom is -0.355 e. The number of hydrogen-bond donors (Lipinski definition) is 2. The third-order valence-electron chi connectivity index (χ3n) is 4.61. The van der Waals surface area contributed by atoms with Crippen molar-refractivity contribution in [2.45, 2.75) is 25.8 Å². The summed E-state index contributed by atoms with van der Waals surface area (Å²) in [5.74, 6) is -0.0475. The van der Waals surface area contributed by atoms with Crippen LogP contribution in [0.25, 0.3) is 11.3 Å². The van der Waals surface area contributed by atoms with E-state index in [0.29, 0.717) is 0 Å². The molecule has 0 fully saturated rings. The van der Waals surface area contributed by atoms with Crippen molar-refractivity contribution in [3.05, 3.63) is 65.0 Å². The normalized spacial score (nSPS) is 17.0. The van der Waals surface area contributed by atoms with E-state index < -0.39 is 0 Å². The average Bonchev–Trinajstić information content (AvgIpc) is 3.21. The molecule has 0 saturated heterocycles. The molecule has 2 aromatic carbocycles. The molecule has 1 aromatic heterocycles. The van der Waals surface area contributed by atoms with Crippen molar-refractivity contribution in [3.63, 3.8) is 0 Å². The van der Waals surface area contributed by atoms with E-state index in [1.807, 2.05) is 37.3 Å². The Morgan fingerprint density at radius 2 is 2.00 bits per heavy atom. The van der Waals surface area contributed by atoms with Crippen LogP contribution in [0.1, 0.15) is 36.9 Å². The van der Waals surface area contributed by atoms with Gasteiger partial charge in [-0.15, -0.1) is 11.3 Å². The Bertz CT molecular complexity index is 920. The topological polar surface area (TPSA) is 54.0 Å². The molecule has 25 heavy (non-hydrogen) atoms. The van der Waals surface area contributed by atoms with Gasteiger partial charge in [-0.05, 0) is 37.1 Å². The molecule has 0 unspecified atom stereocenters. The summed E-state index contributed by atoms with van der Waals surface area (Å²) in [6, 6.07) is 16.6. The first-order chi connectivity index (χ1) is 12.1. The minimum absolute atomic E-state index is 0.0597. The number of rotatable bonds is 4. The number of carbonyl (C=O) groups excluding carboxylic acids is 1. The second-order valence-corrected chi connectivity index (χ2v) is 7.19. The zero-order valence-corrected chi connectivity index (χ0v) is 14.9. The van der Waals surface area contributed by atoms with Crippen LogP contribution >= 0.6 is 11.3 Å². The Hall–Kier alpha value is -2.66. The van der Waals surface area contributed by atoms with Crippen molar-refractivity contribution >= 4 is 28.1 Å². The number of anilines is 2. The number of nitrogens with zero attached hydrogens (tertiary/aromatic N) is 1. The van der Waals surface area contributed by atoms with E-state index in [1.54, 1.807) is 11.3 Å². The van der Waals surface area contributed by atoms with Gasteiger partial charge >= 0.3 is 0 Å². The molecular formula is C20H19N3OS. The molecular weight excluding hydrogens is 330 g/mol. The summed E-state index contributed by atoms with van der Waals surface area (Å²) in [4.78, 5) is 16.5. The van der Waals surface area contributed by atoms with Gasteiger partial charge < -0.3 is 10.6 Å². The van der Waals surface area contributed by atoms with Crippen LogP contribution in [-0.4, -0.2) is 10.9 Å². The van der Waals surface area contributed by atoms with E-state index in [-0.39, 0.29) is 17.9 Å². The maximum atomic E-state index is 11.8. The first kappa shape index (κ1) is 15.8. The van der Waals surface area contributed by atoms with Crippen LogP contribution in [0.15, 0.2) is 53.9 Å². The number of thiazole rings is 1. The van der Waals surface area contributed by atoms with Gasteiger partial charge in [0, 0.05) is 16.6 Å². The molecule has 2 N–H and O–H groups in total. The summed E-state index contributed by atoms with van der Waals surface area (Å²) in [5.41, 5.74) is 5.16. The zero-order valence-electron chi connectivity index (χ0n) is 14.1. The summed E-state index contributed by atoms with van der Waals surface area (Å²) in [7, 11) is 0. The molecule has 1 aliphatic heterocycles. The molecule has 0 spiro atoms. The summed E-state index contributed by atoms with van der Waals surface area (Å²) in [5, 5.41) is 9.31. The average molecular weight is 349 g/mol. The molecule has 3 aromatic rings. The maximum absolute atomic E-state index is 11.8. The van der Waals surface area contributed by atoms with Gasteiger partial charge in [0.2, 0.25) is 5.91 Å². The van der Waals surface area contributed by atoms with Crippen LogP contribution in [0.3, 0.4) is 0 Å². The summed E-state index contributed by atoms with van der Waals surface area (Å²) < 4.78 is 0. The number of fused-ring (bicyclic) bond motifs is 1. The molecule has 2 atom stereocenters. The predicted octanol–water partition coefficient (Wildman–Crippen LogP) is 5.04. The molecule has 0 aliphatic carbocycles. The van der Waals surface area contributed by atoms with Gasteiger partial charge in [-0.25, -0.2) is 4.98 Å². The van der Waals surface area contributed by atoms with Crippen molar-refractivity contribution in [2.75, 3.05) is 10.6 Å². The molecule has 2 heterocycles. The standard InChI is InChI=1S/C20H19N3OS/c1-12-16-10-15(8-9-17(16)22-19(12)24)18-11-25-20(23-18)21-13(2)14-6-4-3-5-7-14/h3-13H,1-2H3,(H,21,23)(H,22,24)/t12-,13-/m1/s1. The Balaban J connectivity index is 1.55. The lowest BCUT2D eigenvalue weighted by molar-refractivity contribution is -0.116. The highest BCUT2D eigenvalue weighted by molar-refractivity contribution is 7.14. The zero-order chi connectivity index (χ0) is 17.4. The lowest BCUT2D eigenvalue weighted by atomic mass is 10.00. The smallest absolute Gasteiger partial charge is 0.231 e. The van der Waals surface area contributed by atoms with Gasteiger partial charge in [0.15, 0.2) is 5.13 Å². The number of nitrogens with one attached hydrogen (secondary N) is 2. The molecule has 4 nitrogen and oxygen atoms in total. The number of aromatic nitrogens is 1. The highest BCUT2D eigenvalue weighted by Crippen LogP contribution is 2.36. The van der Waals surface area contributed by atoms with Gasteiger partial charge in [0.1, 0.15) is 0 Å². The molecule has 1 amide bonds. The number of amides is 1. The van der Waals surface area contributed by atoms with Crippen LogP contribution in [-0.2, 0) is 4.79 Å². The monoisotopic (exact) mass is 349 g/mol. The second kappa shape index (κ2) is 6.33. The lowest BCUT2D eigenvalue weighted by Crippen LogP contribution is -2.08. The molecule has 0 saturated carbocycles. The number of benzene rings is 2. The van der Waals surface area contributed by atoms with Crippen molar-refractivity contribution in [1.29, 1.82) is 0 Å². The molecule has 4 rings (SSSR count). The Morgan fingerprint density at radius 1 is 1.20 bits per heavy atom. The molecule has 0 bridgehead atoms. The van der Waals surface area contributed by atoms with Gasteiger partial charge in [-0.2, -0.15) is 0 Å². The van der Waals surface area contributed by atoms with Crippen LogP contribution in [0.5, 0.6) is 0 Å². The largest absolute Gasteiger partial charge is 0.355 e. The van der Waals surface area contributed by atoms with Crippen LogP contribution in [0.4, 0.5) is 10.8 Å². The third-order valence-corrected chi connectivity index (χ3v) is 5.38. The molecule has 1 aliphatic rings. The summed E-state index contributed by atoms with van der Waals surface area (Å²) in [6.07, 6.45) is 0. The Kier molecular flexibility index (Phi) is 4.01. The van der Waals surface area contributed by atoms with Crippen molar-refractivity contribution in [1.82, 2.24) is 4.98 Å². The van der Waals surface area contributed by atoms with Gasteiger partial charge in [0.25, 0.3) is 0 Å². The molecule has 126 valence electrons. The van der Waals surface area contributed by atoms with Gasteiger partial charge in [-0.1, -0.05) is 36.4 Å². The fourth-order valence-corrected chi connectivity index (χ4v) is 3.87. The third kappa shape index (κ3) is 3.03. The maximum Gasteiger partial charge on any atom is 0.231 e. The first-order valence-corrected chi connectivity index (χ1v) is 9.22. The highest BCUT2D eigenvalue weighted by atomic mass is 32.1. The predicted molar refractivity (Wildman–Crippen MR) is 103 cm³/mol. The summed E-state index contributed by atoms with van der Waals surface area (Å²) in [6.45, 7) is 4.06.